The Kier molecular flexibility index (Phi) is 5.41. The van der Waals surface area contributed by atoms with E-state index in [0.29, 0.717) is 38.3 Å². The maximum absolute atomic E-state index is 11.7. The highest BCUT2D eigenvalue weighted by Gasteiger charge is 2.26. The number of carbonyl (C=O) groups excluding carboxylic acids is 2. The van der Waals surface area contributed by atoms with Gasteiger partial charge in [0, 0.05) is 25.0 Å². The number of hydrogen-bond acceptors (Lipinski definition) is 3. The Hall–Kier alpha value is -1.79. The first-order chi connectivity index (χ1) is 10.0. The van der Waals surface area contributed by atoms with E-state index in [2.05, 4.69) is 16.0 Å². The molecule has 0 radical (unpaired) electrons. The fourth-order valence-corrected chi connectivity index (χ4v) is 2.54. The van der Waals surface area contributed by atoms with E-state index in [9.17, 15) is 14.4 Å². The average molecular weight is 297 g/mol. The Morgan fingerprint density at radius 1 is 0.905 bits per heavy atom. The second-order valence-corrected chi connectivity index (χ2v) is 5.88. The zero-order chi connectivity index (χ0) is 15.2. The molecular formula is C14H23N3O4. The minimum Gasteiger partial charge on any atom is -0.481 e. The second kappa shape index (κ2) is 7.28. The van der Waals surface area contributed by atoms with E-state index >= 15 is 0 Å². The molecule has 0 heterocycles. The zero-order valence-corrected chi connectivity index (χ0v) is 12.1. The monoisotopic (exact) mass is 297 g/mol. The van der Waals surface area contributed by atoms with Gasteiger partial charge in [-0.1, -0.05) is 0 Å². The van der Waals surface area contributed by atoms with Gasteiger partial charge in [0.05, 0.1) is 5.92 Å². The van der Waals surface area contributed by atoms with Crippen LogP contribution < -0.4 is 16.0 Å². The molecule has 0 aromatic heterocycles. The summed E-state index contributed by atoms with van der Waals surface area (Å²) in [5, 5.41) is 17.3. The molecule has 0 aromatic carbocycles. The normalized spacial score (nSPS) is 25.0. The molecule has 2 saturated carbocycles. The van der Waals surface area contributed by atoms with E-state index in [1.165, 1.54) is 0 Å². The SMILES string of the molecule is O=C(CCNC(=O)NC1CCC(C(=O)O)CC1)NC1CC1. The molecule has 4 N–H and O–H groups in total. The molecule has 2 rings (SSSR count). The first-order valence-electron chi connectivity index (χ1n) is 7.61. The topological polar surface area (TPSA) is 108 Å². The lowest BCUT2D eigenvalue weighted by atomic mass is 9.86. The standard InChI is InChI=1S/C14H23N3O4/c18-12(16-10-5-6-10)7-8-15-14(21)17-11-3-1-9(2-4-11)13(19)20/h9-11H,1-8H2,(H,16,18)(H,19,20)(H2,15,17,21). The van der Waals surface area contributed by atoms with Crippen LogP contribution in [0.5, 0.6) is 0 Å². The molecule has 2 fully saturated rings. The third-order valence-electron chi connectivity index (χ3n) is 3.99. The van der Waals surface area contributed by atoms with Crippen LogP contribution in [0.3, 0.4) is 0 Å². The summed E-state index contributed by atoms with van der Waals surface area (Å²) in [4.78, 5) is 33.9. The Bertz CT molecular complexity index is 401. The van der Waals surface area contributed by atoms with Gasteiger partial charge in [0.1, 0.15) is 0 Å². The molecule has 7 nitrogen and oxygen atoms in total. The van der Waals surface area contributed by atoms with Crippen molar-refractivity contribution in [2.24, 2.45) is 5.92 Å². The minimum absolute atomic E-state index is 0.0280. The third-order valence-corrected chi connectivity index (χ3v) is 3.99. The lowest BCUT2D eigenvalue weighted by molar-refractivity contribution is -0.142. The van der Waals surface area contributed by atoms with E-state index in [0.717, 1.165) is 12.8 Å². The maximum Gasteiger partial charge on any atom is 0.315 e. The molecule has 0 saturated heterocycles. The number of hydrogen-bond donors (Lipinski definition) is 4. The fraction of sp³-hybridized carbons (Fsp3) is 0.786. The molecule has 3 amide bonds. The molecule has 7 heteroatoms. The summed E-state index contributed by atoms with van der Waals surface area (Å²) in [6.45, 7) is 0.314. The van der Waals surface area contributed by atoms with Gasteiger partial charge >= 0.3 is 12.0 Å². The van der Waals surface area contributed by atoms with Crippen molar-refractivity contribution in [2.45, 2.75) is 57.0 Å². The average Bonchev–Trinajstić information content (AvgIpc) is 3.23. The molecule has 0 unspecified atom stereocenters. The Labute approximate surface area is 123 Å². The van der Waals surface area contributed by atoms with Crippen LogP contribution in [0.15, 0.2) is 0 Å². The summed E-state index contributed by atoms with van der Waals surface area (Å²) in [5.74, 6) is -1.06. The highest BCUT2D eigenvalue weighted by Crippen LogP contribution is 2.24. The first-order valence-corrected chi connectivity index (χ1v) is 7.61. The first kappa shape index (κ1) is 15.6. The third kappa shape index (κ3) is 5.61. The smallest absolute Gasteiger partial charge is 0.315 e. The summed E-state index contributed by atoms with van der Waals surface area (Å²) < 4.78 is 0. The number of rotatable bonds is 6. The summed E-state index contributed by atoms with van der Waals surface area (Å²) in [6.07, 6.45) is 4.97. The van der Waals surface area contributed by atoms with Crippen LogP contribution in [0, 0.1) is 5.92 Å². The summed E-state index contributed by atoms with van der Waals surface area (Å²) in [6, 6.07) is 0.0876. The van der Waals surface area contributed by atoms with Crippen molar-refractivity contribution in [3.05, 3.63) is 0 Å². The maximum atomic E-state index is 11.7. The number of amides is 3. The molecule has 0 spiro atoms. The van der Waals surface area contributed by atoms with E-state index < -0.39 is 5.97 Å². The molecule has 0 aromatic rings. The number of aliphatic carboxylic acids is 1. The Balaban J connectivity index is 1.55. The number of nitrogens with one attached hydrogen (secondary N) is 3. The largest absolute Gasteiger partial charge is 0.481 e. The van der Waals surface area contributed by atoms with Crippen molar-refractivity contribution in [1.29, 1.82) is 0 Å². The number of carboxylic acids is 1. The van der Waals surface area contributed by atoms with Crippen LogP contribution in [0.2, 0.25) is 0 Å². The van der Waals surface area contributed by atoms with Crippen molar-refractivity contribution in [2.75, 3.05) is 6.54 Å². The van der Waals surface area contributed by atoms with E-state index in [-0.39, 0.29) is 30.3 Å². The fourth-order valence-electron chi connectivity index (χ4n) is 2.54. The van der Waals surface area contributed by atoms with Crippen molar-refractivity contribution in [1.82, 2.24) is 16.0 Å². The van der Waals surface area contributed by atoms with Crippen LogP contribution in [0.1, 0.15) is 44.9 Å². The van der Waals surface area contributed by atoms with Crippen molar-refractivity contribution >= 4 is 17.9 Å². The van der Waals surface area contributed by atoms with Gasteiger partial charge in [-0.25, -0.2) is 4.79 Å². The zero-order valence-electron chi connectivity index (χ0n) is 12.1. The van der Waals surface area contributed by atoms with Crippen LogP contribution in [0.4, 0.5) is 4.79 Å². The van der Waals surface area contributed by atoms with Crippen LogP contribution >= 0.6 is 0 Å². The van der Waals surface area contributed by atoms with Gasteiger partial charge in [-0.15, -0.1) is 0 Å². The van der Waals surface area contributed by atoms with Gasteiger partial charge in [-0.05, 0) is 38.5 Å². The summed E-state index contributed by atoms with van der Waals surface area (Å²) in [5.41, 5.74) is 0. The molecule has 118 valence electrons. The van der Waals surface area contributed by atoms with Crippen molar-refractivity contribution < 1.29 is 19.5 Å². The molecule has 0 bridgehead atoms. The van der Waals surface area contributed by atoms with Crippen LogP contribution in [-0.4, -0.2) is 41.6 Å². The van der Waals surface area contributed by atoms with Crippen molar-refractivity contribution in [3.63, 3.8) is 0 Å². The highest BCUT2D eigenvalue weighted by atomic mass is 16.4. The Morgan fingerprint density at radius 2 is 1.48 bits per heavy atom. The van der Waals surface area contributed by atoms with E-state index in [4.69, 9.17) is 5.11 Å². The van der Waals surface area contributed by atoms with Gasteiger partial charge in [0.2, 0.25) is 5.91 Å². The lowest BCUT2D eigenvalue weighted by Gasteiger charge is -2.26. The van der Waals surface area contributed by atoms with E-state index in [1.54, 1.807) is 0 Å². The number of urea groups is 1. The minimum atomic E-state index is -0.750. The predicted octanol–water partition coefficient (Wildman–Crippen LogP) is 0.598. The molecule has 21 heavy (non-hydrogen) atoms. The molecule has 0 atom stereocenters. The van der Waals surface area contributed by atoms with Crippen LogP contribution in [-0.2, 0) is 9.59 Å². The van der Waals surface area contributed by atoms with Gasteiger partial charge in [-0.3, -0.25) is 9.59 Å². The molecule has 2 aliphatic carbocycles. The van der Waals surface area contributed by atoms with Crippen LogP contribution in [0.25, 0.3) is 0 Å². The number of carboxylic acid groups (broad SMARTS) is 1. The van der Waals surface area contributed by atoms with Gasteiger partial charge in [-0.2, -0.15) is 0 Å². The highest BCUT2D eigenvalue weighted by molar-refractivity contribution is 5.78. The Morgan fingerprint density at radius 3 is 2.05 bits per heavy atom. The van der Waals surface area contributed by atoms with Gasteiger partial charge in [0.15, 0.2) is 0 Å². The van der Waals surface area contributed by atoms with Gasteiger partial charge < -0.3 is 21.1 Å². The second-order valence-electron chi connectivity index (χ2n) is 5.88. The lowest BCUT2D eigenvalue weighted by Crippen LogP contribution is -2.45. The van der Waals surface area contributed by atoms with Gasteiger partial charge in [0.25, 0.3) is 0 Å². The quantitative estimate of drug-likeness (QED) is 0.575. The molecule has 0 aliphatic heterocycles. The summed E-state index contributed by atoms with van der Waals surface area (Å²) in [7, 11) is 0. The van der Waals surface area contributed by atoms with E-state index in [1.807, 2.05) is 0 Å². The van der Waals surface area contributed by atoms with Crippen molar-refractivity contribution in [3.8, 4) is 0 Å². The summed E-state index contributed by atoms with van der Waals surface area (Å²) >= 11 is 0. The molecule has 2 aliphatic rings. The number of carbonyl (C=O) groups is 3. The predicted molar refractivity (Wildman–Crippen MR) is 75.7 cm³/mol. The molecular weight excluding hydrogens is 274 g/mol.